The van der Waals surface area contributed by atoms with Crippen molar-refractivity contribution in [3.8, 4) is 0 Å². The lowest BCUT2D eigenvalue weighted by molar-refractivity contribution is 0.467. The van der Waals surface area contributed by atoms with Crippen molar-refractivity contribution < 1.29 is 0 Å². The molecular formula is C10H12ClNS. The van der Waals surface area contributed by atoms with Crippen molar-refractivity contribution >= 4 is 22.9 Å². The fourth-order valence-electron chi connectivity index (χ4n) is 2.13. The zero-order valence-electron chi connectivity index (χ0n) is 7.35. The Labute approximate surface area is 87.1 Å². The molecule has 3 rings (SSSR count). The third-order valence-electron chi connectivity index (χ3n) is 2.95. The van der Waals surface area contributed by atoms with Crippen molar-refractivity contribution in [2.24, 2.45) is 5.92 Å². The number of fused-ring (bicyclic) bond motifs is 1. The quantitative estimate of drug-likeness (QED) is 0.757. The molecule has 1 saturated carbocycles. The summed E-state index contributed by atoms with van der Waals surface area (Å²) in [6.45, 7) is 1.13. The second-order valence-corrected chi connectivity index (χ2v) is 5.67. The average molecular weight is 214 g/mol. The fraction of sp³-hybridized carbons (Fsp3) is 0.600. The SMILES string of the molecule is Clc1cc2c(s1)C(C1CC1)NCC2. The molecule has 1 aromatic heterocycles. The molecule has 13 heavy (non-hydrogen) atoms. The van der Waals surface area contributed by atoms with Crippen molar-refractivity contribution in [2.45, 2.75) is 25.3 Å². The van der Waals surface area contributed by atoms with Gasteiger partial charge in [0.25, 0.3) is 0 Å². The van der Waals surface area contributed by atoms with Gasteiger partial charge in [-0.05, 0) is 43.4 Å². The number of hydrogen-bond acceptors (Lipinski definition) is 2. The van der Waals surface area contributed by atoms with Crippen LogP contribution in [0.15, 0.2) is 6.07 Å². The van der Waals surface area contributed by atoms with Gasteiger partial charge in [0.05, 0.1) is 4.34 Å². The molecule has 0 amide bonds. The van der Waals surface area contributed by atoms with Crippen molar-refractivity contribution in [3.63, 3.8) is 0 Å². The summed E-state index contributed by atoms with van der Waals surface area (Å²) < 4.78 is 0.958. The number of thiophene rings is 1. The third-order valence-corrected chi connectivity index (χ3v) is 4.34. The van der Waals surface area contributed by atoms with Crippen molar-refractivity contribution in [1.29, 1.82) is 0 Å². The Hall–Kier alpha value is -0.0500. The van der Waals surface area contributed by atoms with Crippen molar-refractivity contribution in [2.75, 3.05) is 6.54 Å². The van der Waals surface area contributed by atoms with Crippen molar-refractivity contribution in [1.82, 2.24) is 5.32 Å². The van der Waals surface area contributed by atoms with E-state index >= 15 is 0 Å². The Balaban J connectivity index is 1.99. The van der Waals surface area contributed by atoms with E-state index in [4.69, 9.17) is 11.6 Å². The van der Waals surface area contributed by atoms with E-state index < -0.39 is 0 Å². The molecule has 0 aromatic carbocycles. The molecule has 2 aliphatic rings. The minimum absolute atomic E-state index is 0.626. The molecular weight excluding hydrogens is 202 g/mol. The van der Waals surface area contributed by atoms with Gasteiger partial charge in [-0.1, -0.05) is 11.6 Å². The van der Waals surface area contributed by atoms with Crippen LogP contribution in [-0.2, 0) is 6.42 Å². The third kappa shape index (κ3) is 1.41. The van der Waals surface area contributed by atoms with Crippen LogP contribution < -0.4 is 5.32 Å². The predicted molar refractivity (Wildman–Crippen MR) is 56.5 cm³/mol. The molecule has 0 radical (unpaired) electrons. The highest BCUT2D eigenvalue weighted by Gasteiger charge is 2.35. The van der Waals surface area contributed by atoms with Crippen LogP contribution in [-0.4, -0.2) is 6.54 Å². The molecule has 1 nitrogen and oxygen atoms in total. The van der Waals surface area contributed by atoms with E-state index in [1.165, 1.54) is 23.3 Å². The summed E-state index contributed by atoms with van der Waals surface area (Å²) >= 11 is 7.80. The first-order chi connectivity index (χ1) is 6.34. The zero-order valence-corrected chi connectivity index (χ0v) is 8.92. The zero-order chi connectivity index (χ0) is 8.84. The molecule has 0 spiro atoms. The largest absolute Gasteiger partial charge is 0.309 e. The van der Waals surface area contributed by atoms with Gasteiger partial charge in [0.2, 0.25) is 0 Å². The highest BCUT2D eigenvalue weighted by molar-refractivity contribution is 7.16. The first-order valence-corrected chi connectivity index (χ1v) is 6.05. The molecule has 0 bridgehead atoms. The second-order valence-electron chi connectivity index (χ2n) is 3.96. The maximum Gasteiger partial charge on any atom is 0.0934 e. The van der Waals surface area contributed by atoms with Crippen molar-refractivity contribution in [3.05, 3.63) is 20.8 Å². The predicted octanol–water partition coefficient (Wildman–Crippen LogP) is 3.00. The van der Waals surface area contributed by atoms with Gasteiger partial charge < -0.3 is 5.32 Å². The van der Waals surface area contributed by atoms with Crippen LogP contribution >= 0.6 is 22.9 Å². The van der Waals surface area contributed by atoms with Crippen LogP contribution in [0.3, 0.4) is 0 Å². The van der Waals surface area contributed by atoms with Gasteiger partial charge in [0, 0.05) is 10.9 Å². The Morgan fingerprint density at radius 1 is 1.46 bits per heavy atom. The minimum atomic E-state index is 0.626. The van der Waals surface area contributed by atoms with E-state index in [0.717, 1.165) is 23.2 Å². The normalized spacial score (nSPS) is 27.3. The van der Waals surface area contributed by atoms with Crippen LogP contribution in [0.25, 0.3) is 0 Å². The van der Waals surface area contributed by atoms with Gasteiger partial charge in [-0.25, -0.2) is 0 Å². The van der Waals surface area contributed by atoms with Crippen LogP contribution in [0.2, 0.25) is 4.34 Å². The maximum absolute atomic E-state index is 6.03. The topological polar surface area (TPSA) is 12.0 Å². The summed E-state index contributed by atoms with van der Waals surface area (Å²) in [5.74, 6) is 0.897. The van der Waals surface area contributed by atoms with E-state index in [0.29, 0.717) is 6.04 Å². The summed E-state index contributed by atoms with van der Waals surface area (Å²) in [6, 6.07) is 2.78. The van der Waals surface area contributed by atoms with E-state index in [9.17, 15) is 0 Å². The Kier molecular flexibility index (Phi) is 1.89. The average Bonchev–Trinajstić information content (AvgIpc) is 2.86. The molecule has 1 aliphatic carbocycles. The summed E-state index contributed by atoms with van der Waals surface area (Å²) in [5, 5.41) is 3.60. The molecule has 1 fully saturated rings. The van der Waals surface area contributed by atoms with Crippen LogP contribution in [0, 0.1) is 5.92 Å². The molecule has 70 valence electrons. The molecule has 1 aromatic rings. The first-order valence-electron chi connectivity index (χ1n) is 4.86. The summed E-state index contributed by atoms with van der Waals surface area (Å²) in [4.78, 5) is 1.51. The van der Waals surface area contributed by atoms with Gasteiger partial charge in [0.15, 0.2) is 0 Å². The van der Waals surface area contributed by atoms with Gasteiger partial charge in [0.1, 0.15) is 0 Å². The number of halogens is 1. The molecule has 3 heteroatoms. The highest BCUT2D eigenvalue weighted by Crippen LogP contribution is 2.46. The summed E-state index contributed by atoms with van der Waals surface area (Å²) in [6.07, 6.45) is 3.95. The Bertz CT molecular complexity index is 330. The molecule has 1 atom stereocenters. The molecule has 1 aliphatic heterocycles. The summed E-state index contributed by atoms with van der Waals surface area (Å²) in [7, 11) is 0. The number of rotatable bonds is 1. The molecule has 1 unspecified atom stereocenters. The van der Waals surface area contributed by atoms with Crippen LogP contribution in [0.4, 0.5) is 0 Å². The molecule has 0 saturated heterocycles. The lowest BCUT2D eigenvalue weighted by Gasteiger charge is -2.23. The highest BCUT2D eigenvalue weighted by atomic mass is 35.5. The standard InChI is InChI=1S/C10H12ClNS/c11-8-5-7-3-4-12-9(6-1-2-6)10(7)13-8/h5-6,9,12H,1-4H2. The Morgan fingerprint density at radius 3 is 3.08 bits per heavy atom. The second kappa shape index (κ2) is 2.97. The fourth-order valence-corrected chi connectivity index (χ4v) is 3.62. The van der Waals surface area contributed by atoms with Gasteiger partial charge >= 0.3 is 0 Å². The van der Waals surface area contributed by atoms with Gasteiger partial charge in [-0.15, -0.1) is 11.3 Å². The van der Waals surface area contributed by atoms with E-state index in [1.807, 2.05) is 0 Å². The van der Waals surface area contributed by atoms with E-state index in [2.05, 4.69) is 11.4 Å². The van der Waals surface area contributed by atoms with Crippen LogP contribution in [0.1, 0.15) is 29.3 Å². The molecule has 1 N–H and O–H groups in total. The Morgan fingerprint density at radius 2 is 2.31 bits per heavy atom. The maximum atomic E-state index is 6.03. The summed E-state index contributed by atoms with van der Waals surface area (Å²) in [5.41, 5.74) is 1.49. The lowest BCUT2D eigenvalue weighted by atomic mass is 10.0. The first kappa shape index (κ1) is 8.27. The van der Waals surface area contributed by atoms with Gasteiger partial charge in [-0.2, -0.15) is 0 Å². The van der Waals surface area contributed by atoms with Crippen LogP contribution in [0.5, 0.6) is 0 Å². The number of nitrogens with one attached hydrogen (secondary N) is 1. The lowest BCUT2D eigenvalue weighted by Crippen LogP contribution is -2.29. The van der Waals surface area contributed by atoms with E-state index in [1.54, 1.807) is 11.3 Å². The number of hydrogen-bond donors (Lipinski definition) is 1. The minimum Gasteiger partial charge on any atom is -0.309 e. The smallest absolute Gasteiger partial charge is 0.0934 e. The molecule has 2 heterocycles. The van der Waals surface area contributed by atoms with E-state index in [-0.39, 0.29) is 0 Å². The monoisotopic (exact) mass is 213 g/mol. The van der Waals surface area contributed by atoms with Gasteiger partial charge in [-0.3, -0.25) is 0 Å².